The van der Waals surface area contributed by atoms with E-state index in [9.17, 15) is 4.79 Å². The highest BCUT2D eigenvalue weighted by molar-refractivity contribution is 5.92. The molecule has 27 heavy (non-hydrogen) atoms. The molecule has 1 saturated heterocycles. The van der Waals surface area contributed by atoms with Crippen molar-refractivity contribution in [2.75, 3.05) is 20.2 Å². The van der Waals surface area contributed by atoms with Crippen molar-refractivity contribution in [2.24, 2.45) is 11.7 Å². The number of ether oxygens (including phenoxy) is 1. The van der Waals surface area contributed by atoms with Crippen LogP contribution >= 0.6 is 0 Å². The highest BCUT2D eigenvalue weighted by atomic mass is 16.5. The number of nitrogens with zero attached hydrogens (tertiary/aromatic N) is 2. The lowest BCUT2D eigenvalue weighted by Crippen LogP contribution is -2.39. The number of pyridine rings is 1. The van der Waals surface area contributed by atoms with Gasteiger partial charge in [-0.3, -0.25) is 9.78 Å². The maximum Gasteiger partial charge on any atom is 0.272 e. The first kappa shape index (κ1) is 18.7. The predicted molar refractivity (Wildman–Crippen MR) is 108 cm³/mol. The highest BCUT2D eigenvalue weighted by Crippen LogP contribution is 2.31. The molecule has 0 unspecified atom stereocenters. The molecule has 1 aromatic heterocycles. The van der Waals surface area contributed by atoms with Crippen LogP contribution in [0.15, 0.2) is 55.8 Å². The lowest BCUT2D eigenvalue weighted by molar-refractivity contribution is 0.0702. The van der Waals surface area contributed by atoms with Crippen LogP contribution in [-0.2, 0) is 0 Å². The van der Waals surface area contributed by atoms with Crippen LogP contribution in [0.25, 0.3) is 11.3 Å². The standard InChI is InChI=1S/C22H25N3O2/c1-15(17-4-7-20(27-3)8-5-17)18-10-12-25(13-11-18)22(26)21-9-6-19(14-24-21)16(2)23/h4-9,14,18H,1-2,10-13,23H2,3H3. The van der Waals surface area contributed by atoms with Gasteiger partial charge in [-0.05, 0) is 54.2 Å². The number of methoxy groups -OCH3 is 1. The van der Waals surface area contributed by atoms with Gasteiger partial charge in [0.05, 0.1) is 7.11 Å². The topological polar surface area (TPSA) is 68.5 Å². The van der Waals surface area contributed by atoms with Crippen LogP contribution in [0.1, 0.15) is 34.5 Å². The molecule has 1 amide bonds. The van der Waals surface area contributed by atoms with Crippen LogP contribution in [-0.4, -0.2) is 36.0 Å². The van der Waals surface area contributed by atoms with E-state index >= 15 is 0 Å². The van der Waals surface area contributed by atoms with Gasteiger partial charge in [0.25, 0.3) is 5.91 Å². The molecule has 5 heteroatoms. The summed E-state index contributed by atoms with van der Waals surface area (Å²) in [6, 6.07) is 11.5. The predicted octanol–water partition coefficient (Wildman–Crippen LogP) is 3.59. The maximum atomic E-state index is 12.7. The summed E-state index contributed by atoms with van der Waals surface area (Å²) in [4.78, 5) is 18.8. The summed E-state index contributed by atoms with van der Waals surface area (Å²) in [7, 11) is 1.66. The zero-order valence-corrected chi connectivity index (χ0v) is 15.6. The Labute approximate surface area is 160 Å². The Hall–Kier alpha value is -3.08. The third-order valence-electron chi connectivity index (χ3n) is 5.09. The van der Waals surface area contributed by atoms with E-state index in [1.54, 1.807) is 25.4 Å². The summed E-state index contributed by atoms with van der Waals surface area (Å²) in [5.74, 6) is 1.17. The number of nitrogens with two attached hydrogens (primary N) is 1. The van der Waals surface area contributed by atoms with E-state index in [2.05, 4.69) is 18.1 Å². The molecule has 0 radical (unpaired) electrons. The Bertz CT molecular complexity index is 833. The molecular weight excluding hydrogens is 338 g/mol. The minimum atomic E-state index is -0.0438. The molecule has 5 nitrogen and oxygen atoms in total. The molecule has 1 aliphatic heterocycles. The molecule has 0 atom stereocenters. The zero-order chi connectivity index (χ0) is 19.4. The lowest BCUT2D eigenvalue weighted by atomic mass is 9.86. The van der Waals surface area contributed by atoms with Crippen molar-refractivity contribution in [3.63, 3.8) is 0 Å². The molecule has 1 aromatic carbocycles. The Morgan fingerprint density at radius 3 is 2.26 bits per heavy atom. The first-order valence-electron chi connectivity index (χ1n) is 9.03. The van der Waals surface area contributed by atoms with Gasteiger partial charge in [0.15, 0.2) is 0 Å². The first-order chi connectivity index (χ1) is 13.0. The van der Waals surface area contributed by atoms with E-state index in [0.717, 1.165) is 35.3 Å². The molecule has 0 saturated carbocycles. The smallest absolute Gasteiger partial charge is 0.272 e. The second-order valence-electron chi connectivity index (χ2n) is 6.78. The Balaban J connectivity index is 1.59. The summed E-state index contributed by atoms with van der Waals surface area (Å²) >= 11 is 0. The number of piperidine rings is 1. The second-order valence-corrected chi connectivity index (χ2v) is 6.78. The summed E-state index contributed by atoms with van der Waals surface area (Å²) in [5.41, 5.74) is 9.51. The van der Waals surface area contributed by atoms with Gasteiger partial charge in [-0.1, -0.05) is 25.3 Å². The molecule has 2 N–H and O–H groups in total. The number of allylic oxidation sites excluding steroid dienone is 1. The Kier molecular flexibility index (Phi) is 5.60. The minimum absolute atomic E-state index is 0.0438. The zero-order valence-electron chi connectivity index (χ0n) is 15.6. The summed E-state index contributed by atoms with van der Waals surface area (Å²) in [6.45, 7) is 9.36. The van der Waals surface area contributed by atoms with Crippen molar-refractivity contribution in [3.8, 4) is 5.75 Å². The largest absolute Gasteiger partial charge is 0.497 e. The van der Waals surface area contributed by atoms with Gasteiger partial charge in [-0.25, -0.2) is 0 Å². The van der Waals surface area contributed by atoms with Crippen molar-refractivity contribution >= 4 is 17.2 Å². The minimum Gasteiger partial charge on any atom is -0.497 e. The number of carbonyl (C=O) groups excluding carboxylic acids is 1. The van der Waals surface area contributed by atoms with Gasteiger partial charge in [0, 0.05) is 30.5 Å². The van der Waals surface area contributed by atoms with E-state index in [1.807, 2.05) is 29.2 Å². The van der Waals surface area contributed by atoms with Crippen LogP contribution in [0.4, 0.5) is 0 Å². The SMILES string of the molecule is C=C(N)c1ccc(C(=O)N2CCC(C(=C)c3ccc(OC)cc3)CC2)nc1. The van der Waals surface area contributed by atoms with Crippen LogP contribution in [0, 0.1) is 5.92 Å². The highest BCUT2D eigenvalue weighted by Gasteiger charge is 2.26. The molecule has 0 bridgehead atoms. The average molecular weight is 363 g/mol. The number of hydrogen-bond donors (Lipinski definition) is 1. The molecule has 3 rings (SSSR count). The van der Waals surface area contributed by atoms with Crippen molar-refractivity contribution < 1.29 is 9.53 Å². The van der Waals surface area contributed by atoms with Crippen LogP contribution in [0.5, 0.6) is 5.75 Å². The molecule has 2 aromatic rings. The van der Waals surface area contributed by atoms with E-state index in [-0.39, 0.29) is 5.91 Å². The van der Waals surface area contributed by atoms with E-state index < -0.39 is 0 Å². The molecule has 1 fully saturated rings. The number of amides is 1. The Morgan fingerprint density at radius 2 is 1.74 bits per heavy atom. The maximum absolute atomic E-state index is 12.7. The fraction of sp³-hybridized carbons (Fsp3) is 0.273. The number of aromatic nitrogens is 1. The molecule has 0 aliphatic carbocycles. The normalized spacial score (nSPS) is 14.6. The summed E-state index contributed by atoms with van der Waals surface area (Å²) in [6.07, 6.45) is 3.39. The van der Waals surface area contributed by atoms with Gasteiger partial charge in [0.1, 0.15) is 11.4 Å². The lowest BCUT2D eigenvalue weighted by Gasteiger charge is -2.33. The van der Waals surface area contributed by atoms with E-state index in [0.29, 0.717) is 30.4 Å². The van der Waals surface area contributed by atoms with Gasteiger partial charge >= 0.3 is 0 Å². The van der Waals surface area contributed by atoms with Crippen molar-refractivity contribution in [3.05, 3.63) is 72.6 Å². The van der Waals surface area contributed by atoms with E-state index in [1.165, 1.54) is 0 Å². The third-order valence-corrected chi connectivity index (χ3v) is 5.09. The summed E-state index contributed by atoms with van der Waals surface area (Å²) in [5, 5.41) is 0. The van der Waals surface area contributed by atoms with Crippen molar-refractivity contribution in [1.82, 2.24) is 9.88 Å². The summed E-state index contributed by atoms with van der Waals surface area (Å²) < 4.78 is 5.21. The molecule has 0 spiro atoms. The van der Waals surface area contributed by atoms with Crippen LogP contribution in [0.2, 0.25) is 0 Å². The number of hydrogen-bond acceptors (Lipinski definition) is 4. The molecule has 1 aliphatic rings. The number of carbonyl (C=O) groups is 1. The Morgan fingerprint density at radius 1 is 1.11 bits per heavy atom. The fourth-order valence-corrected chi connectivity index (χ4v) is 3.34. The number of likely N-dealkylation sites (tertiary alicyclic amines) is 1. The van der Waals surface area contributed by atoms with E-state index in [4.69, 9.17) is 10.5 Å². The quantitative estimate of drug-likeness (QED) is 0.881. The van der Waals surface area contributed by atoms with Crippen molar-refractivity contribution in [2.45, 2.75) is 12.8 Å². The fourth-order valence-electron chi connectivity index (χ4n) is 3.34. The number of benzene rings is 1. The molecule has 140 valence electrons. The third kappa shape index (κ3) is 4.19. The van der Waals surface area contributed by atoms with Crippen LogP contribution < -0.4 is 10.5 Å². The molecule has 2 heterocycles. The monoisotopic (exact) mass is 363 g/mol. The average Bonchev–Trinajstić information content (AvgIpc) is 2.73. The second kappa shape index (κ2) is 8.08. The number of rotatable bonds is 5. The van der Waals surface area contributed by atoms with Gasteiger partial charge < -0.3 is 15.4 Å². The van der Waals surface area contributed by atoms with Crippen LogP contribution in [0.3, 0.4) is 0 Å². The van der Waals surface area contributed by atoms with Gasteiger partial charge in [0.2, 0.25) is 0 Å². The molecular formula is C22H25N3O2. The van der Waals surface area contributed by atoms with Crippen molar-refractivity contribution in [1.29, 1.82) is 0 Å². The van der Waals surface area contributed by atoms with Gasteiger partial charge in [-0.15, -0.1) is 0 Å². The van der Waals surface area contributed by atoms with Gasteiger partial charge in [-0.2, -0.15) is 0 Å². The first-order valence-corrected chi connectivity index (χ1v) is 9.03.